The standard InChI is InChI=1S/C12H11ClO2/c1-15-10-4-5-11-8(6-10)2-3-9(7-14)12(11)13/h4-7H,2-3H2,1H3. The molecule has 0 atom stereocenters. The molecule has 1 aliphatic rings. The van der Waals surface area contributed by atoms with Crippen LogP contribution in [0.3, 0.4) is 0 Å². The van der Waals surface area contributed by atoms with E-state index in [1.807, 2.05) is 18.2 Å². The molecule has 0 saturated heterocycles. The molecule has 2 nitrogen and oxygen atoms in total. The quantitative estimate of drug-likeness (QED) is 0.720. The minimum atomic E-state index is 0.578. The van der Waals surface area contributed by atoms with E-state index in [9.17, 15) is 4.79 Å². The molecule has 0 amide bonds. The van der Waals surface area contributed by atoms with Gasteiger partial charge < -0.3 is 4.74 Å². The van der Waals surface area contributed by atoms with Crippen LogP contribution in [0, 0.1) is 0 Å². The van der Waals surface area contributed by atoms with Crippen molar-refractivity contribution in [1.29, 1.82) is 0 Å². The van der Waals surface area contributed by atoms with Gasteiger partial charge in [0.2, 0.25) is 0 Å². The summed E-state index contributed by atoms with van der Waals surface area (Å²) in [5.41, 5.74) is 2.78. The molecule has 0 fully saturated rings. The molecule has 15 heavy (non-hydrogen) atoms. The Hall–Kier alpha value is -1.28. The molecular formula is C12H11ClO2. The SMILES string of the molecule is COc1ccc2c(c1)CCC(C=O)=C2Cl. The third-order valence-corrected chi connectivity index (χ3v) is 3.08. The van der Waals surface area contributed by atoms with Crippen molar-refractivity contribution in [1.82, 2.24) is 0 Å². The van der Waals surface area contributed by atoms with E-state index in [1.165, 1.54) is 0 Å². The first-order chi connectivity index (χ1) is 7.26. The van der Waals surface area contributed by atoms with Crippen molar-refractivity contribution in [3.05, 3.63) is 34.9 Å². The molecule has 0 unspecified atom stereocenters. The van der Waals surface area contributed by atoms with E-state index >= 15 is 0 Å². The highest BCUT2D eigenvalue weighted by atomic mass is 35.5. The number of benzene rings is 1. The zero-order valence-electron chi connectivity index (χ0n) is 8.42. The first kappa shape index (κ1) is 10.2. The van der Waals surface area contributed by atoms with E-state index in [0.29, 0.717) is 17.0 Å². The summed E-state index contributed by atoms with van der Waals surface area (Å²) in [6, 6.07) is 5.73. The van der Waals surface area contributed by atoms with Crippen LogP contribution in [0.4, 0.5) is 0 Å². The van der Waals surface area contributed by atoms with Crippen LogP contribution in [0.25, 0.3) is 5.03 Å². The van der Waals surface area contributed by atoms with E-state index in [1.54, 1.807) is 7.11 Å². The minimum Gasteiger partial charge on any atom is -0.497 e. The lowest BCUT2D eigenvalue weighted by Crippen LogP contribution is -2.03. The molecule has 1 aromatic rings. The second-order valence-corrected chi connectivity index (χ2v) is 3.86. The van der Waals surface area contributed by atoms with Crippen molar-refractivity contribution in [2.75, 3.05) is 7.11 Å². The van der Waals surface area contributed by atoms with E-state index in [4.69, 9.17) is 16.3 Å². The summed E-state index contributed by atoms with van der Waals surface area (Å²) in [6.45, 7) is 0. The Balaban J connectivity index is 2.51. The fraction of sp³-hybridized carbons (Fsp3) is 0.250. The summed E-state index contributed by atoms with van der Waals surface area (Å²) in [5, 5.41) is 0.578. The van der Waals surface area contributed by atoms with Crippen molar-refractivity contribution in [3.8, 4) is 5.75 Å². The summed E-state index contributed by atoms with van der Waals surface area (Å²) in [7, 11) is 1.64. The lowest BCUT2D eigenvalue weighted by atomic mass is 9.92. The van der Waals surface area contributed by atoms with Crippen molar-refractivity contribution < 1.29 is 9.53 Å². The van der Waals surface area contributed by atoms with Gasteiger partial charge in [-0.2, -0.15) is 0 Å². The van der Waals surface area contributed by atoms with Gasteiger partial charge in [-0.05, 0) is 42.2 Å². The number of halogens is 1. The van der Waals surface area contributed by atoms with Crippen LogP contribution in [-0.2, 0) is 11.2 Å². The summed E-state index contributed by atoms with van der Waals surface area (Å²) < 4.78 is 5.14. The van der Waals surface area contributed by atoms with Gasteiger partial charge in [0.1, 0.15) is 12.0 Å². The average Bonchev–Trinajstić information content (AvgIpc) is 2.29. The molecule has 2 rings (SSSR count). The van der Waals surface area contributed by atoms with Gasteiger partial charge in [-0.3, -0.25) is 4.79 Å². The Bertz CT molecular complexity index is 435. The highest BCUT2D eigenvalue weighted by Gasteiger charge is 2.17. The number of ether oxygens (including phenoxy) is 1. The second-order valence-electron chi connectivity index (χ2n) is 3.48. The van der Waals surface area contributed by atoms with Crippen LogP contribution >= 0.6 is 11.6 Å². The van der Waals surface area contributed by atoms with Gasteiger partial charge in [0, 0.05) is 5.57 Å². The van der Waals surface area contributed by atoms with Crippen LogP contribution in [0.15, 0.2) is 23.8 Å². The molecule has 0 aliphatic heterocycles. The molecular weight excluding hydrogens is 212 g/mol. The first-order valence-corrected chi connectivity index (χ1v) is 5.15. The summed E-state index contributed by atoms with van der Waals surface area (Å²) >= 11 is 6.12. The Kier molecular flexibility index (Phi) is 2.78. The largest absolute Gasteiger partial charge is 0.497 e. The van der Waals surface area contributed by atoms with Gasteiger partial charge >= 0.3 is 0 Å². The third kappa shape index (κ3) is 1.77. The average molecular weight is 223 g/mol. The number of hydrogen-bond donors (Lipinski definition) is 0. The molecule has 0 spiro atoms. The van der Waals surface area contributed by atoms with Gasteiger partial charge in [0.15, 0.2) is 0 Å². The molecule has 78 valence electrons. The van der Waals surface area contributed by atoms with E-state index < -0.39 is 0 Å². The summed E-state index contributed by atoms with van der Waals surface area (Å²) in [5.74, 6) is 0.827. The van der Waals surface area contributed by atoms with Crippen molar-refractivity contribution >= 4 is 22.9 Å². The topological polar surface area (TPSA) is 26.3 Å². The van der Waals surface area contributed by atoms with Gasteiger partial charge in [0.05, 0.1) is 12.1 Å². The smallest absolute Gasteiger partial charge is 0.147 e. The first-order valence-electron chi connectivity index (χ1n) is 4.77. The maximum Gasteiger partial charge on any atom is 0.147 e. The highest BCUT2D eigenvalue weighted by Crippen LogP contribution is 2.34. The predicted octanol–water partition coefficient (Wildman–Crippen LogP) is 2.79. The Morgan fingerprint density at radius 2 is 2.20 bits per heavy atom. The fourth-order valence-electron chi connectivity index (χ4n) is 1.78. The maximum absolute atomic E-state index is 10.7. The van der Waals surface area contributed by atoms with Crippen molar-refractivity contribution in [3.63, 3.8) is 0 Å². The number of carbonyl (C=O) groups is 1. The van der Waals surface area contributed by atoms with Crippen LogP contribution < -0.4 is 4.74 Å². The molecule has 0 bridgehead atoms. The summed E-state index contributed by atoms with van der Waals surface area (Å²) in [6.07, 6.45) is 2.40. The zero-order valence-corrected chi connectivity index (χ0v) is 9.17. The monoisotopic (exact) mass is 222 g/mol. The number of aldehydes is 1. The minimum absolute atomic E-state index is 0.578. The predicted molar refractivity (Wildman–Crippen MR) is 60.2 cm³/mol. The Morgan fingerprint density at radius 1 is 1.40 bits per heavy atom. The van der Waals surface area contributed by atoms with Crippen molar-refractivity contribution in [2.24, 2.45) is 0 Å². The Labute approximate surface area is 93.5 Å². The van der Waals surface area contributed by atoms with Gasteiger partial charge in [0.25, 0.3) is 0 Å². The zero-order chi connectivity index (χ0) is 10.8. The van der Waals surface area contributed by atoms with Gasteiger partial charge in [-0.25, -0.2) is 0 Å². The van der Waals surface area contributed by atoms with Crippen molar-refractivity contribution in [2.45, 2.75) is 12.8 Å². The van der Waals surface area contributed by atoms with E-state index in [2.05, 4.69) is 0 Å². The fourth-order valence-corrected chi connectivity index (χ4v) is 2.10. The maximum atomic E-state index is 10.7. The number of allylic oxidation sites excluding steroid dienone is 1. The molecule has 3 heteroatoms. The number of hydrogen-bond acceptors (Lipinski definition) is 2. The van der Waals surface area contributed by atoms with Crippen LogP contribution in [0.5, 0.6) is 5.75 Å². The van der Waals surface area contributed by atoms with Crippen LogP contribution in [0.1, 0.15) is 17.5 Å². The number of fused-ring (bicyclic) bond motifs is 1. The lowest BCUT2D eigenvalue weighted by Gasteiger charge is -2.17. The molecule has 0 aromatic heterocycles. The molecule has 0 N–H and O–H groups in total. The number of methoxy groups -OCH3 is 1. The molecule has 1 aliphatic carbocycles. The van der Waals surface area contributed by atoms with Gasteiger partial charge in [-0.1, -0.05) is 11.6 Å². The molecule has 0 saturated carbocycles. The van der Waals surface area contributed by atoms with Crippen LogP contribution in [-0.4, -0.2) is 13.4 Å². The molecule has 0 radical (unpaired) electrons. The van der Waals surface area contributed by atoms with E-state index in [0.717, 1.165) is 29.6 Å². The number of aryl methyl sites for hydroxylation is 1. The van der Waals surface area contributed by atoms with Crippen LogP contribution in [0.2, 0.25) is 0 Å². The van der Waals surface area contributed by atoms with E-state index in [-0.39, 0.29) is 0 Å². The van der Waals surface area contributed by atoms with Gasteiger partial charge in [-0.15, -0.1) is 0 Å². The molecule has 0 heterocycles. The Morgan fingerprint density at radius 3 is 2.87 bits per heavy atom. The third-order valence-electron chi connectivity index (χ3n) is 2.64. The lowest BCUT2D eigenvalue weighted by molar-refractivity contribution is -0.105. The highest BCUT2D eigenvalue weighted by molar-refractivity contribution is 6.50. The number of carbonyl (C=O) groups excluding carboxylic acids is 1. The second kappa shape index (κ2) is 4.07. The summed E-state index contributed by atoms with van der Waals surface area (Å²) in [4.78, 5) is 10.7. The molecule has 1 aromatic carbocycles. The number of rotatable bonds is 2. The normalized spacial score (nSPS) is 14.8.